The lowest BCUT2D eigenvalue weighted by Gasteiger charge is -2.11. The van der Waals surface area contributed by atoms with Gasteiger partial charge in [-0.1, -0.05) is 46.4 Å². The van der Waals surface area contributed by atoms with Gasteiger partial charge in [-0.25, -0.2) is 4.79 Å². The van der Waals surface area contributed by atoms with E-state index >= 15 is 0 Å². The number of methoxy groups -OCH3 is 1. The van der Waals surface area contributed by atoms with Gasteiger partial charge in [-0.05, 0) is 11.6 Å². The molecule has 0 aliphatic rings. The molecule has 0 spiro atoms. The summed E-state index contributed by atoms with van der Waals surface area (Å²) in [5.74, 6) is -0.822. The molecule has 92 valence electrons. The Labute approximate surface area is 121 Å². The lowest BCUT2D eigenvalue weighted by atomic mass is 10.1. The van der Waals surface area contributed by atoms with E-state index < -0.39 is 11.2 Å². The fourth-order valence-corrected chi connectivity index (χ4v) is 2.55. The quantitative estimate of drug-likeness (QED) is 0.455. The molecule has 0 aliphatic heterocycles. The Kier molecular flexibility index (Phi) is 4.93. The van der Waals surface area contributed by atoms with Gasteiger partial charge in [0.05, 0.1) is 38.3 Å². The molecule has 0 fully saturated rings. The Balaban J connectivity index is 3.70. The van der Waals surface area contributed by atoms with Gasteiger partial charge in [0, 0.05) is 0 Å². The average molecular weight is 336 g/mol. The molecule has 0 N–H and O–H groups in total. The van der Waals surface area contributed by atoms with Gasteiger partial charge in [0.15, 0.2) is 0 Å². The molecule has 0 saturated carbocycles. The Morgan fingerprint density at radius 2 is 1.24 bits per heavy atom. The number of hydrogen-bond donors (Lipinski definition) is 0. The highest BCUT2D eigenvalue weighted by atomic mass is 35.5. The first-order chi connectivity index (χ1) is 7.82. The summed E-state index contributed by atoms with van der Waals surface area (Å²) < 4.78 is 4.47. The van der Waals surface area contributed by atoms with Crippen LogP contribution in [0.2, 0.25) is 20.1 Å². The number of rotatable bonds is 2. The van der Waals surface area contributed by atoms with Crippen LogP contribution in [0, 0.1) is 0 Å². The van der Waals surface area contributed by atoms with Gasteiger partial charge in [0.25, 0.3) is 5.24 Å². The second kappa shape index (κ2) is 5.63. The highest BCUT2D eigenvalue weighted by Gasteiger charge is 2.27. The third-order valence-electron chi connectivity index (χ3n) is 1.85. The van der Waals surface area contributed by atoms with Gasteiger partial charge in [-0.15, -0.1) is 0 Å². The lowest BCUT2D eigenvalue weighted by molar-refractivity contribution is 0.0601. The Hall–Kier alpha value is -0.190. The second-order valence-corrected chi connectivity index (χ2v) is 4.63. The SMILES string of the molecule is COC(=O)c1c(Cl)c(Cl)c(C(=O)Cl)c(Cl)c1Cl. The molecule has 0 saturated heterocycles. The van der Waals surface area contributed by atoms with E-state index in [1.807, 2.05) is 0 Å². The van der Waals surface area contributed by atoms with Gasteiger partial charge < -0.3 is 4.74 Å². The smallest absolute Gasteiger partial charge is 0.341 e. The summed E-state index contributed by atoms with van der Waals surface area (Å²) in [6.07, 6.45) is 0. The van der Waals surface area contributed by atoms with Crippen LogP contribution in [0.4, 0.5) is 0 Å². The first kappa shape index (κ1) is 14.9. The van der Waals surface area contributed by atoms with Gasteiger partial charge in [0.2, 0.25) is 0 Å². The molecular formula is C9H3Cl5O3. The minimum Gasteiger partial charge on any atom is -0.465 e. The first-order valence-electron chi connectivity index (χ1n) is 3.97. The molecule has 0 aliphatic carbocycles. The normalized spacial score (nSPS) is 10.2. The molecule has 1 aromatic carbocycles. The zero-order valence-electron chi connectivity index (χ0n) is 8.11. The summed E-state index contributed by atoms with van der Waals surface area (Å²) in [5.41, 5.74) is -0.467. The summed E-state index contributed by atoms with van der Waals surface area (Å²) in [5, 5.41) is -1.91. The average Bonchev–Trinajstić information content (AvgIpc) is 2.26. The highest BCUT2D eigenvalue weighted by Crippen LogP contribution is 2.42. The molecule has 17 heavy (non-hydrogen) atoms. The summed E-state index contributed by atoms with van der Waals surface area (Å²) in [6, 6.07) is 0. The summed E-state index contributed by atoms with van der Waals surface area (Å²) in [7, 11) is 1.14. The molecule has 8 heteroatoms. The van der Waals surface area contributed by atoms with E-state index in [-0.39, 0.29) is 31.2 Å². The standard InChI is InChI=1S/C9H3Cl5O3/c1-17-9(16)3-6(12)4(10)2(8(14)15)5(11)7(3)13/h1H3. The van der Waals surface area contributed by atoms with E-state index in [9.17, 15) is 9.59 Å². The fourth-order valence-electron chi connectivity index (χ4n) is 1.09. The maximum atomic E-state index is 11.4. The number of halogens is 5. The molecule has 0 bridgehead atoms. The van der Waals surface area contributed by atoms with Crippen molar-refractivity contribution in [1.82, 2.24) is 0 Å². The van der Waals surface area contributed by atoms with Crippen LogP contribution in [-0.2, 0) is 4.74 Å². The monoisotopic (exact) mass is 334 g/mol. The maximum Gasteiger partial charge on any atom is 0.341 e. The van der Waals surface area contributed by atoms with Crippen LogP contribution in [-0.4, -0.2) is 18.3 Å². The van der Waals surface area contributed by atoms with E-state index in [1.54, 1.807) is 0 Å². The van der Waals surface area contributed by atoms with Gasteiger partial charge >= 0.3 is 5.97 Å². The Bertz CT molecular complexity index is 483. The highest BCUT2D eigenvalue weighted by molar-refractivity contribution is 6.70. The lowest BCUT2D eigenvalue weighted by Crippen LogP contribution is -2.06. The zero-order chi connectivity index (χ0) is 13.3. The number of hydrogen-bond acceptors (Lipinski definition) is 3. The molecule has 0 amide bonds. The number of benzene rings is 1. The van der Waals surface area contributed by atoms with Gasteiger partial charge in [-0.2, -0.15) is 0 Å². The zero-order valence-corrected chi connectivity index (χ0v) is 11.9. The molecule has 1 rings (SSSR count). The molecule has 0 aromatic heterocycles. The number of esters is 1. The van der Waals surface area contributed by atoms with Crippen LogP contribution >= 0.6 is 58.0 Å². The van der Waals surface area contributed by atoms with Gasteiger partial charge in [-0.3, -0.25) is 4.79 Å². The molecule has 1 aromatic rings. The number of ether oxygens (including phenoxy) is 1. The van der Waals surface area contributed by atoms with E-state index in [4.69, 9.17) is 58.0 Å². The van der Waals surface area contributed by atoms with Crippen LogP contribution in [0.3, 0.4) is 0 Å². The molecule has 0 radical (unpaired) electrons. The summed E-state index contributed by atoms with van der Waals surface area (Å²) in [6.45, 7) is 0. The molecule has 0 heterocycles. The predicted molar refractivity (Wildman–Crippen MR) is 68.0 cm³/mol. The first-order valence-corrected chi connectivity index (χ1v) is 5.86. The van der Waals surface area contributed by atoms with Crippen molar-refractivity contribution < 1.29 is 14.3 Å². The van der Waals surface area contributed by atoms with Crippen LogP contribution < -0.4 is 0 Å². The number of carbonyl (C=O) groups is 2. The Morgan fingerprint density at radius 3 is 1.53 bits per heavy atom. The maximum absolute atomic E-state index is 11.4. The van der Waals surface area contributed by atoms with Crippen molar-refractivity contribution in [1.29, 1.82) is 0 Å². The summed E-state index contributed by atoms with van der Waals surface area (Å²) in [4.78, 5) is 22.5. The largest absolute Gasteiger partial charge is 0.465 e. The fraction of sp³-hybridized carbons (Fsp3) is 0.111. The topological polar surface area (TPSA) is 43.4 Å². The predicted octanol–water partition coefficient (Wildman–Crippen LogP) is 4.47. The van der Waals surface area contributed by atoms with E-state index in [2.05, 4.69) is 4.74 Å². The third-order valence-corrected chi connectivity index (χ3v) is 3.74. The van der Waals surface area contributed by atoms with Gasteiger partial charge in [0.1, 0.15) is 0 Å². The Morgan fingerprint density at radius 1 is 0.882 bits per heavy atom. The van der Waals surface area contributed by atoms with E-state index in [0.717, 1.165) is 7.11 Å². The second-order valence-electron chi connectivity index (χ2n) is 2.77. The number of carbonyl (C=O) groups excluding carboxylic acids is 2. The minimum atomic E-state index is -0.930. The molecule has 3 nitrogen and oxygen atoms in total. The van der Waals surface area contributed by atoms with E-state index in [0.29, 0.717) is 0 Å². The summed E-state index contributed by atoms with van der Waals surface area (Å²) >= 11 is 28.5. The minimum absolute atomic E-state index is 0.215. The van der Waals surface area contributed by atoms with Crippen LogP contribution in [0.25, 0.3) is 0 Å². The van der Waals surface area contributed by atoms with Crippen molar-refractivity contribution in [2.75, 3.05) is 7.11 Å². The van der Waals surface area contributed by atoms with Crippen molar-refractivity contribution in [3.05, 3.63) is 31.2 Å². The molecular weight excluding hydrogens is 333 g/mol. The van der Waals surface area contributed by atoms with E-state index in [1.165, 1.54) is 0 Å². The van der Waals surface area contributed by atoms with Crippen molar-refractivity contribution in [3.63, 3.8) is 0 Å². The van der Waals surface area contributed by atoms with Crippen LogP contribution in [0.5, 0.6) is 0 Å². The van der Waals surface area contributed by atoms with Crippen molar-refractivity contribution in [2.24, 2.45) is 0 Å². The molecule has 0 atom stereocenters. The van der Waals surface area contributed by atoms with Crippen molar-refractivity contribution >= 4 is 69.2 Å². The van der Waals surface area contributed by atoms with Crippen LogP contribution in [0.1, 0.15) is 20.7 Å². The van der Waals surface area contributed by atoms with Crippen LogP contribution in [0.15, 0.2) is 0 Å². The van der Waals surface area contributed by atoms with Crippen molar-refractivity contribution in [3.8, 4) is 0 Å². The molecule has 0 unspecified atom stereocenters. The van der Waals surface area contributed by atoms with Crippen molar-refractivity contribution in [2.45, 2.75) is 0 Å². The third kappa shape index (κ3) is 2.64.